The first-order valence-electron chi connectivity index (χ1n) is 6.18. The summed E-state index contributed by atoms with van der Waals surface area (Å²) >= 11 is 0. The molecule has 0 spiro atoms. The molecule has 1 rings (SSSR count). The van der Waals surface area contributed by atoms with Crippen LogP contribution in [0.1, 0.15) is 32.3 Å². The minimum Gasteiger partial charge on any atom is -0.378 e. The number of rotatable bonds is 6. The van der Waals surface area contributed by atoms with E-state index in [1.54, 1.807) is 6.07 Å². The number of nitro groups is 1. The van der Waals surface area contributed by atoms with Crippen LogP contribution in [0.15, 0.2) is 18.2 Å². The summed E-state index contributed by atoms with van der Waals surface area (Å²) in [6.45, 7) is 4.47. The lowest BCUT2D eigenvalue weighted by molar-refractivity contribution is -0.385. The summed E-state index contributed by atoms with van der Waals surface area (Å²) in [6.07, 6.45) is 1.63. The predicted octanol–water partition coefficient (Wildman–Crippen LogP) is 2.40. The Morgan fingerprint density at radius 2 is 2.11 bits per heavy atom. The number of benzene rings is 1. The van der Waals surface area contributed by atoms with Gasteiger partial charge in [-0.3, -0.25) is 10.1 Å². The number of hydrogen-bond donors (Lipinski definition) is 2. The summed E-state index contributed by atoms with van der Waals surface area (Å²) < 4.78 is 0. The molecule has 0 bridgehead atoms. The molecule has 1 aromatic rings. The highest BCUT2D eigenvalue weighted by atomic mass is 16.6. The molecule has 102 valence electrons. The summed E-state index contributed by atoms with van der Waals surface area (Å²) in [7, 11) is 0. The molecule has 0 aromatic heterocycles. The van der Waals surface area contributed by atoms with E-state index < -0.39 is 4.92 Å². The minimum absolute atomic E-state index is 0.0573. The number of nitrogens with one attached hydrogen (secondary N) is 1. The molecular weight excluding hydrogens is 244 g/mol. The Balaban J connectivity index is 3.13. The van der Waals surface area contributed by atoms with E-state index in [-0.39, 0.29) is 16.8 Å². The molecule has 1 aromatic carbocycles. The van der Waals surface area contributed by atoms with Gasteiger partial charge in [-0.1, -0.05) is 13.8 Å². The fourth-order valence-electron chi connectivity index (χ4n) is 1.93. The van der Waals surface area contributed by atoms with Gasteiger partial charge in [0.1, 0.15) is 11.6 Å². The molecule has 19 heavy (non-hydrogen) atoms. The van der Waals surface area contributed by atoms with Gasteiger partial charge >= 0.3 is 0 Å². The molecule has 0 aliphatic carbocycles. The molecule has 0 fully saturated rings. The predicted molar refractivity (Wildman–Crippen MR) is 73.8 cm³/mol. The SMILES string of the molecule is CCC(CC)(CN)Nc1ccc(C#N)c([N+](=O)[O-])c1. The van der Waals surface area contributed by atoms with Crippen LogP contribution < -0.4 is 11.1 Å². The van der Waals surface area contributed by atoms with Gasteiger partial charge in [0.2, 0.25) is 0 Å². The van der Waals surface area contributed by atoms with Gasteiger partial charge < -0.3 is 11.1 Å². The van der Waals surface area contributed by atoms with Crippen LogP contribution in [0.3, 0.4) is 0 Å². The van der Waals surface area contributed by atoms with Crippen LogP contribution in [0.4, 0.5) is 11.4 Å². The first kappa shape index (κ1) is 14.9. The molecular formula is C13H18N4O2. The van der Waals surface area contributed by atoms with Crippen molar-refractivity contribution in [3.8, 4) is 6.07 Å². The second-order valence-corrected chi connectivity index (χ2v) is 4.42. The number of nitro benzene ring substituents is 1. The van der Waals surface area contributed by atoms with E-state index in [0.29, 0.717) is 12.2 Å². The smallest absolute Gasteiger partial charge is 0.289 e. The van der Waals surface area contributed by atoms with Crippen LogP contribution in [-0.2, 0) is 0 Å². The average molecular weight is 262 g/mol. The number of nitrogens with zero attached hydrogens (tertiary/aromatic N) is 2. The third-order valence-corrected chi connectivity index (χ3v) is 3.47. The Morgan fingerprint density at radius 3 is 2.53 bits per heavy atom. The van der Waals surface area contributed by atoms with E-state index in [2.05, 4.69) is 5.32 Å². The van der Waals surface area contributed by atoms with Gasteiger partial charge in [0.15, 0.2) is 0 Å². The lowest BCUT2D eigenvalue weighted by atomic mass is 9.92. The lowest BCUT2D eigenvalue weighted by Gasteiger charge is -2.32. The summed E-state index contributed by atoms with van der Waals surface area (Å²) in [4.78, 5) is 10.4. The van der Waals surface area contributed by atoms with E-state index in [9.17, 15) is 10.1 Å². The molecule has 0 atom stereocenters. The maximum atomic E-state index is 10.9. The van der Waals surface area contributed by atoms with Crippen molar-refractivity contribution in [2.45, 2.75) is 32.2 Å². The number of hydrogen-bond acceptors (Lipinski definition) is 5. The zero-order valence-electron chi connectivity index (χ0n) is 11.1. The molecule has 6 heteroatoms. The Labute approximate surface area is 112 Å². The molecule has 0 unspecified atom stereocenters. The molecule has 0 amide bonds. The summed E-state index contributed by atoms with van der Waals surface area (Å²) in [5.74, 6) is 0. The van der Waals surface area contributed by atoms with Crippen molar-refractivity contribution in [3.05, 3.63) is 33.9 Å². The Morgan fingerprint density at radius 1 is 1.47 bits per heavy atom. The van der Waals surface area contributed by atoms with Gasteiger partial charge in [0.25, 0.3) is 5.69 Å². The van der Waals surface area contributed by atoms with E-state index in [1.807, 2.05) is 19.9 Å². The minimum atomic E-state index is -0.550. The van der Waals surface area contributed by atoms with E-state index in [0.717, 1.165) is 12.8 Å². The lowest BCUT2D eigenvalue weighted by Crippen LogP contribution is -2.44. The van der Waals surface area contributed by atoms with E-state index in [4.69, 9.17) is 11.0 Å². The monoisotopic (exact) mass is 262 g/mol. The average Bonchev–Trinajstić information content (AvgIpc) is 2.44. The van der Waals surface area contributed by atoms with Gasteiger partial charge in [-0.05, 0) is 25.0 Å². The fourth-order valence-corrected chi connectivity index (χ4v) is 1.93. The number of anilines is 1. The van der Waals surface area contributed by atoms with Gasteiger partial charge in [-0.15, -0.1) is 0 Å². The van der Waals surface area contributed by atoms with Crippen molar-refractivity contribution in [2.75, 3.05) is 11.9 Å². The zero-order valence-corrected chi connectivity index (χ0v) is 11.1. The number of nitriles is 1. The molecule has 0 radical (unpaired) electrons. The van der Waals surface area contributed by atoms with Crippen LogP contribution in [0.5, 0.6) is 0 Å². The Kier molecular flexibility index (Phi) is 4.84. The van der Waals surface area contributed by atoms with Crippen molar-refractivity contribution in [1.29, 1.82) is 5.26 Å². The quantitative estimate of drug-likeness (QED) is 0.605. The third-order valence-electron chi connectivity index (χ3n) is 3.47. The van der Waals surface area contributed by atoms with Crippen molar-refractivity contribution < 1.29 is 4.92 Å². The normalized spacial score (nSPS) is 10.8. The first-order valence-corrected chi connectivity index (χ1v) is 6.18. The highest BCUT2D eigenvalue weighted by molar-refractivity contribution is 5.60. The van der Waals surface area contributed by atoms with Gasteiger partial charge in [0, 0.05) is 23.8 Å². The third kappa shape index (κ3) is 3.20. The molecule has 3 N–H and O–H groups in total. The second-order valence-electron chi connectivity index (χ2n) is 4.42. The topological polar surface area (TPSA) is 105 Å². The van der Waals surface area contributed by atoms with E-state index in [1.165, 1.54) is 12.1 Å². The summed E-state index contributed by atoms with van der Waals surface area (Å²) in [5.41, 5.74) is 5.99. The van der Waals surface area contributed by atoms with Crippen molar-refractivity contribution in [2.24, 2.45) is 5.73 Å². The van der Waals surface area contributed by atoms with Crippen molar-refractivity contribution >= 4 is 11.4 Å². The molecule has 0 saturated heterocycles. The van der Waals surface area contributed by atoms with Crippen LogP contribution in [0, 0.1) is 21.4 Å². The molecule has 0 saturated carbocycles. The highest BCUT2D eigenvalue weighted by Crippen LogP contribution is 2.26. The standard InChI is InChI=1S/C13H18N4O2/c1-3-13(4-2,9-15)16-11-6-5-10(8-14)12(7-11)17(18)19/h5-7,16H,3-4,9,15H2,1-2H3. The maximum Gasteiger partial charge on any atom is 0.289 e. The maximum absolute atomic E-state index is 10.9. The number of nitrogens with two attached hydrogens (primary N) is 1. The molecule has 0 heterocycles. The second kappa shape index (κ2) is 6.16. The van der Waals surface area contributed by atoms with Crippen LogP contribution in [0.2, 0.25) is 0 Å². The van der Waals surface area contributed by atoms with Crippen LogP contribution in [0.25, 0.3) is 0 Å². The van der Waals surface area contributed by atoms with Crippen LogP contribution >= 0.6 is 0 Å². The van der Waals surface area contributed by atoms with Gasteiger partial charge in [-0.2, -0.15) is 5.26 Å². The fraction of sp³-hybridized carbons (Fsp3) is 0.462. The van der Waals surface area contributed by atoms with Crippen LogP contribution in [-0.4, -0.2) is 17.0 Å². The highest BCUT2D eigenvalue weighted by Gasteiger charge is 2.25. The van der Waals surface area contributed by atoms with Gasteiger partial charge in [-0.25, -0.2) is 0 Å². The summed E-state index contributed by atoms with van der Waals surface area (Å²) in [5, 5.41) is 23.0. The van der Waals surface area contributed by atoms with Crippen molar-refractivity contribution in [3.63, 3.8) is 0 Å². The van der Waals surface area contributed by atoms with E-state index >= 15 is 0 Å². The Bertz CT molecular complexity index is 496. The molecule has 0 aliphatic heterocycles. The Hall–Kier alpha value is -2.13. The van der Waals surface area contributed by atoms with Crippen molar-refractivity contribution in [1.82, 2.24) is 0 Å². The largest absolute Gasteiger partial charge is 0.378 e. The summed E-state index contributed by atoms with van der Waals surface area (Å²) in [6, 6.07) is 6.32. The van der Waals surface area contributed by atoms with Gasteiger partial charge in [0.05, 0.1) is 4.92 Å². The molecule has 6 nitrogen and oxygen atoms in total. The molecule has 0 aliphatic rings. The zero-order chi connectivity index (χ0) is 14.5. The first-order chi connectivity index (χ1) is 9.01.